The third-order valence-electron chi connectivity index (χ3n) is 22.8. The van der Waals surface area contributed by atoms with E-state index >= 15 is 0 Å². The number of nitrogens with zero attached hydrogens (tertiary/aromatic N) is 8. The van der Waals surface area contributed by atoms with Crippen LogP contribution in [0.5, 0.6) is 0 Å². The number of rotatable bonds is 16. The van der Waals surface area contributed by atoms with Gasteiger partial charge in [-0.05, 0) is 206 Å². The molecule has 8 amide bonds. The number of hydrogen-bond donors (Lipinski definition) is 4. The summed E-state index contributed by atoms with van der Waals surface area (Å²) >= 11 is 7.62. The molecule has 12 rings (SSSR count). The van der Waals surface area contributed by atoms with Crippen LogP contribution in [0, 0.1) is 11.8 Å². The molecule has 2 aromatic rings. The average molecular weight is 1480 g/mol. The first-order valence-corrected chi connectivity index (χ1v) is 41.0. The quantitative estimate of drug-likeness (QED) is 0.114. The second-order valence-corrected chi connectivity index (χ2v) is 31.1. The molecule has 1 aromatic heterocycles. The van der Waals surface area contributed by atoms with Crippen molar-refractivity contribution >= 4 is 70.9 Å². The third kappa shape index (κ3) is 25.3. The van der Waals surface area contributed by atoms with Gasteiger partial charge in [-0.3, -0.25) is 38.8 Å². The molecule has 8 aliphatic heterocycles. The predicted octanol–water partition coefficient (Wildman–Crippen LogP) is 10.9. The average Bonchev–Trinajstić information content (AvgIpc) is 1.62. The maximum atomic E-state index is 12.5. The number of benzene rings is 1. The van der Waals surface area contributed by atoms with E-state index < -0.39 is 0 Å². The lowest BCUT2D eigenvalue weighted by Gasteiger charge is -2.42. The maximum Gasteiger partial charge on any atom is 0.409 e. The minimum Gasteiger partial charge on any atom is -0.450 e. The lowest BCUT2D eigenvalue weighted by Crippen LogP contribution is -2.54. The van der Waals surface area contributed by atoms with Gasteiger partial charge < -0.3 is 59.8 Å². The van der Waals surface area contributed by atoms with E-state index in [4.69, 9.17) is 30.5 Å². The zero-order valence-corrected chi connectivity index (χ0v) is 64.0. The fourth-order valence-electron chi connectivity index (χ4n) is 17.1. The van der Waals surface area contributed by atoms with Crippen molar-refractivity contribution < 1.29 is 57.3 Å². The van der Waals surface area contributed by atoms with Crippen LogP contribution in [-0.4, -0.2) is 267 Å². The normalized spacial score (nSPS) is 24.3. The highest BCUT2D eigenvalue weighted by atomic mass is 35.5. The molecule has 2 saturated carbocycles. The number of nitrogens with one attached hydrogen (secondary N) is 4. The highest BCUT2D eigenvalue weighted by molar-refractivity contribution is 7.12. The first kappa shape index (κ1) is 81.1. The summed E-state index contributed by atoms with van der Waals surface area (Å²) in [6.07, 6.45) is 26.1. The molecule has 0 unspecified atom stereocenters. The topological polar surface area (TPSA) is 248 Å². The highest BCUT2D eigenvalue weighted by Gasteiger charge is 2.37. The monoisotopic (exact) mass is 1470 g/mol. The van der Waals surface area contributed by atoms with Gasteiger partial charge in [-0.15, -0.1) is 11.3 Å². The summed E-state index contributed by atoms with van der Waals surface area (Å²) in [5, 5.41) is 15.4. The van der Waals surface area contributed by atoms with Crippen LogP contribution >= 0.6 is 22.9 Å². The number of halogens is 1. The van der Waals surface area contributed by atoms with E-state index in [1.165, 1.54) is 43.4 Å². The third-order valence-corrected chi connectivity index (χ3v) is 24.0. The van der Waals surface area contributed by atoms with Gasteiger partial charge >= 0.3 is 24.4 Å². The van der Waals surface area contributed by atoms with Gasteiger partial charge in [0.1, 0.15) is 0 Å². The van der Waals surface area contributed by atoms with Crippen LogP contribution in [0.4, 0.5) is 19.2 Å². The molecule has 10 aliphatic rings. The van der Waals surface area contributed by atoms with Crippen molar-refractivity contribution in [3.63, 3.8) is 0 Å². The number of carbonyl (C=O) groups excluding carboxylic acids is 8. The molecule has 0 spiro atoms. The molecule has 0 radical (unpaired) electrons. The van der Waals surface area contributed by atoms with Crippen LogP contribution in [0.2, 0.25) is 5.02 Å². The number of hydrogen-bond acceptors (Lipinski definition) is 17. The Bertz CT molecular complexity index is 2930. The first-order chi connectivity index (χ1) is 50.1. The van der Waals surface area contributed by atoms with E-state index in [0.717, 1.165) is 238 Å². The van der Waals surface area contributed by atoms with Gasteiger partial charge in [-0.25, -0.2) is 19.2 Å². The van der Waals surface area contributed by atoms with Gasteiger partial charge in [0.15, 0.2) is 0 Å². The molecule has 10 fully saturated rings. The Labute approximate surface area is 622 Å². The number of amides is 8. The highest BCUT2D eigenvalue weighted by Crippen LogP contribution is 2.30. The zero-order chi connectivity index (χ0) is 72.9. The molecule has 576 valence electrons. The molecule has 8 saturated heterocycles. The minimum absolute atomic E-state index is 0.0407. The van der Waals surface area contributed by atoms with Crippen LogP contribution in [0.25, 0.3) is 0 Å². The fraction of sp³-hybridized carbons (Fsp3) is 0.766. The Kier molecular flexibility index (Phi) is 33.8. The summed E-state index contributed by atoms with van der Waals surface area (Å²) in [4.78, 5) is 115. The second-order valence-electron chi connectivity index (χ2n) is 29.7. The Morgan fingerprint density at radius 1 is 0.369 bits per heavy atom. The summed E-state index contributed by atoms with van der Waals surface area (Å²) in [7, 11) is 0. The molecule has 4 atom stereocenters. The summed E-state index contributed by atoms with van der Waals surface area (Å²) in [5.41, 5.74) is 0.527. The van der Waals surface area contributed by atoms with Gasteiger partial charge in [0.25, 0.3) is 11.8 Å². The molecular weight excluding hydrogens is 1350 g/mol. The number of likely N-dealkylation sites (tertiary alicyclic amines) is 8. The van der Waals surface area contributed by atoms with Crippen molar-refractivity contribution in [3.05, 3.63) is 57.2 Å². The molecule has 2 aliphatic carbocycles. The lowest BCUT2D eigenvalue weighted by atomic mass is 9.88. The predicted molar refractivity (Wildman–Crippen MR) is 400 cm³/mol. The van der Waals surface area contributed by atoms with Gasteiger partial charge in [-0.2, -0.15) is 0 Å². The van der Waals surface area contributed by atoms with Crippen molar-refractivity contribution in [1.82, 2.24) is 60.5 Å². The van der Waals surface area contributed by atoms with Crippen molar-refractivity contribution in [3.8, 4) is 0 Å². The van der Waals surface area contributed by atoms with Gasteiger partial charge in [0, 0.05) is 139 Å². The number of piperidine rings is 8. The van der Waals surface area contributed by atoms with Crippen LogP contribution in [-0.2, 0) is 28.5 Å². The van der Waals surface area contributed by atoms with E-state index in [2.05, 4.69) is 40.9 Å². The van der Waals surface area contributed by atoms with E-state index in [9.17, 15) is 38.4 Å². The Morgan fingerprint density at radius 2 is 0.680 bits per heavy atom. The Hall–Kier alpha value is -5.99. The number of thiophene rings is 1. The largest absolute Gasteiger partial charge is 0.450 e. The van der Waals surface area contributed by atoms with Crippen LogP contribution in [0.15, 0.2) is 41.8 Å². The molecular formula is C77H123ClN12O12S. The van der Waals surface area contributed by atoms with Crippen molar-refractivity contribution in [2.75, 3.05) is 131 Å². The smallest absolute Gasteiger partial charge is 0.409 e. The van der Waals surface area contributed by atoms with E-state index in [1.54, 1.807) is 21.9 Å². The van der Waals surface area contributed by atoms with Crippen molar-refractivity contribution in [2.45, 2.75) is 237 Å². The maximum absolute atomic E-state index is 12.5. The molecule has 103 heavy (non-hydrogen) atoms. The first-order valence-electron chi connectivity index (χ1n) is 39.7. The lowest BCUT2D eigenvalue weighted by molar-refractivity contribution is -0.127. The fourth-order valence-corrected chi connectivity index (χ4v) is 17.9. The van der Waals surface area contributed by atoms with E-state index in [1.807, 2.05) is 67.1 Å². The second kappa shape index (κ2) is 43.0. The number of carbonyl (C=O) groups is 8. The SMILES string of the molecule is CCOC(=O)N1CCC(N2CCC[C@@H](NC(=O)C3CCCC3)C2)CC1.CCOC(=O)N1CCC(N2CCC[C@@H](NC(=O)C3CCCCC3)C2)CC1.CCOC(=O)N1CCC(N2CCC[C@@H](NC(=O)c3ccccc3Cl)C2)CC1.CCOC(=O)N1CCC(N2CCC[C@@H](NC(=O)c3cccs3)C2)CC1. The minimum atomic E-state index is -0.209. The Balaban J connectivity index is 0.000000160. The number of ether oxygens (including phenoxy) is 4. The summed E-state index contributed by atoms with van der Waals surface area (Å²) < 4.78 is 20.4. The van der Waals surface area contributed by atoms with Gasteiger partial charge in [0.2, 0.25) is 11.8 Å². The summed E-state index contributed by atoms with van der Waals surface area (Å²) in [5.74, 6) is 0.994. The molecule has 24 nitrogen and oxygen atoms in total. The molecule has 26 heteroatoms. The molecule has 0 bridgehead atoms. The summed E-state index contributed by atoms with van der Waals surface area (Å²) in [6.45, 7) is 23.2. The van der Waals surface area contributed by atoms with E-state index in [0.29, 0.717) is 73.3 Å². The van der Waals surface area contributed by atoms with Crippen LogP contribution in [0.1, 0.15) is 208 Å². The summed E-state index contributed by atoms with van der Waals surface area (Å²) in [6, 6.07) is 13.8. The van der Waals surface area contributed by atoms with Crippen LogP contribution in [0.3, 0.4) is 0 Å². The zero-order valence-electron chi connectivity index (χ0n) is 62.4. The molecule has 4 N–H and O–H groups in total. The van der Waals surface area contributed by atoms with Crippen molar-refractivity contribution in [1.29, 1.82) is 0 Å². The molecule has 1 aromatic carbocycles. The van der Waals surface area contributed by atoms with Gasteiger partial charge in [0.05, 0.1) is 41.9 Å². The van der Waals surface area contributed by atoms with Crippen LogP contribution < -0.4 is 21.3 Å². The van der Waals surface area contributed by atoms with Crippen molar-refractivity contribution in [2.24, 2.45) is 11.8 Å². The van der Waals surface area contributed by atoms with E-state index in [-0.39, 0.29) is 71.9 Å². The molecule has 9 heterocycles. The Morgan fingerprint density at radius 3 is 0.990 bits per heavy atom. The van der Waals surface area contributed by atoms with Gasteiger partial charge in [-0.1, -0.05) is 61.9 Å². The standard InChI is InChI=1S/C20H28ClN3O3.C20H35N3O3.C19H33N3O3.C18H27N3O3S/c1-2-27-20(26)23-12-9-16(10-13-23)24-11-5-6-15(14-24)22-19(25)17-7-3-4-8-18(17)21;1-2-26-20(25)22-13-10-18(11-14-22)23-12-6-9-17(15-23)21-19(24)16-7-4-3-5-8-16;1-2-25-19(24)21-12-9-17(10-13-21)22-11-5-8-16(14-22)20-18(23)15-6-3-4-7-15;1-2-24-18(23)20-10-7-15(8-11-20)21-9-3-5-14(13-21)19-17(22)16-6-4-12-25-16/h3-4,7-8,15-16H,2,5-6,9-14H2,1H3,(H,22,25);16-18H,2-15H2,1H3,(H,21,24);15-17H,2-14H2,1H3,(H,20,23);4,6,12,14-15H,2-3,5,7-11,13H2,1H3,(H,19,22)/t15-;17-;16-;14-/m1111/s1.